The van der Waals surface area contributed by atoms with E-state index in [2.05, 4.69) is 0 Å². The Hall–Kier alpha value is -2.75. The SMILES string of the molecule is CN(C(=O)C(C#N)C(=O)C1CC1)c1ccc([N+](=O)[O-])cc1. The molecule has 108 valence electrons. The monoisotopic (exact) mass is 287 g/mol. The predicted molar refractivity (Wildman–Crippen MR) is 73.3 cm³/mol. The standard InChI is InChI=1S/C14H13N3O4/c1-16(10-4-6-11(7-5-10)17(20)21)14(19)12(8-15)13(18)9-2-3-9/h4-7,9,12H,2-3H2,1H3. The Balaban J connectivity index is 2.15. The molecule has 0 bridgehead atoms. The van der Waals surface area contributed by atoms with Crippen LogP contribution in [0.2, 0.25) is 0 Å². The van der Waals surface area contributed by atoms with Gasteiger partial charge in [-0.3, -0.25) is 19.7 Å². The number of nitriles is 1. The third-order valence-electron chi connectivity index (χ3n) is 3.42. The molecule has 1 aromatic rings. The molecule has 0 radical (unpaired) electrons. The summed E-state index contributed by atoms with van der Waals surface area (Å²) in [6.07, 6.45) is 1.46. The van der Waals surface area contributed by atoms with E-state index in [0.717, 1.165) is 12.8 Å². The van der Waals surface area contributed by atoms with Crippen LogP contribution < -0.4 is 4.90 Å². The fourth-order valence-electron chi connectivity index (χ4n) is 1.96. The van der Waals surface area contributed by atoms with Crippen molar-refractivity contribution in [3.05, 3.63) is 34.4 Å². The fraction of sp³-hybridized carbons (Fsp3) is 0.357. The molecule has 0 aromatic heterocycles. The molecule has 0 heterocycles. The molecule has 21 heavy (non-hydrogen) atoms. The first-order chi connectivity index (χ1) is 9.95. The van der Waals surface area contributed by atoms with Crippen molar-refractivity contribution in [2.45, 2.75) is 12.8 Å². The zero-order chi connectivity index (χ0) is 15.6. The van der Waals surface area contributed by atoms with Gasteiger partial charge in [0, 0.05) is 30.8 Å². The number of Topliss-reactive ketones (excluding diaryl/α,β-unsaturated/α-hetero) is 1. The molecule has 7 heteroatoms. The third kappa shape index (κ3) is 3.05. The fourth-order valence-corrected chi connectivity index (χ4v) is 1.96. The zero-order valence-electron chi connectivity index (χ0n) is 11.4. The van der Waals surface area contributed by atoms with Crippen molar-refractivity contribution in [1.29, 1.82) is 5.26 Å². The second kappa shape index (κ2) is 5.71. The number of rotatable bonds is 5. The van der Waals surface area contributed by atoms with Crippen molar-refractivity contribution in [1.82, 2.24) is 0 Å². The molecule has 0 aliphatic heterocycles. The lowest BCUT2D eigenvalue weighted by Crippen LogP contribution is -2.36. The van der Waals surface area contributed by atoms with Crippen LogP contribution in [0, 0.1) is 33.3 Å². The second-order valence-corrected chi connectivity index (χ2v) is 4.91. The lowest BCUT2D eigenvalue weighted by atomic mass is 10.0. The van der Waals surface area contributed by atoms with Gasteiger partial charge >= 0.3 is 0 Å². The average molecular weight is 287 g/mol. The molecule has 1 aliphatic carbocycles. The van der Waals surface area contributed by atoms with Crippen LogP contribution >= 0.6 is 0 Å². The molecule has 1 amide bonds. The van der Waals surface area contributed by atoms with E-state index < -0.39 is 16.7 Å². The Morgan fingerprint density at radius 2 is 1.95 bits per heavy atom. The highest BCUT2D eigenvalue weighted by atomic mass is 16.6. The average Bonchev–Trinajstić information content (AvgIpc) is 3.31. The Kier molecular flexibility index (Phi) is 3.98. The number of non-ortho nitro benzene ring substituents is 1. The van der Waals surface area contributed by atoms with E-state index in [4.69, 9.17) is 5.26 Å². The Labute approximate surface area is 120 Å². The van der Waals surface area contributed by atoms with Crippen molar-refractivity contribution in [2.24, 2.45) is 11.8 Å². The molecule has 0 N–H and O–H groups in total. The molecule has 0 saturated heterocycles. The molecule has 1 aromatic carbocycles. The molecule has 0 spiro atoms. The van der Waals surface area contributed by atoms with Gasteiger partial charge in [-0.1, -0.05) is 0 Å². The van der Waals surface area contributed by atoms with E-state index in [1.54, 1.807) is 6.07 Å². The van der Waals surface area contributed by atoms with E-state index in [1.807, 2.05) is 0 Å². The second-order valence-electron chi connectivity index (χ2n) is 4.91. The van der Waals surface area contributed by atoms with Crippen LogP contribution in [-0.2, 0) is 9.59 Å². The van der Waals surface area contributed by atoms with Crippen LogP contribution in [0.15, 0.2) is 24.3 Å². The number of carbonyl (C=O) groups is 2. The number of amides is 1. The van der Waals surface area contributed by atoms with Crippen LogP contribution in [0.1, 0.15) is 12.8 Å². The molecular formula is C14H13N3O4. The summed E-state index contributed by atoms with van der Waals surface area (Å²) < 4.78 is 0. The van der Waals surface area contributed by atoms with Gasteiger partial charge in [0.1, 0.15) is 0 Å². The summed E-state index contributed by atoms with van der Waals surface area (Å²) in [6, 6.07) is 7.11. The first-order valence-corrected chi connectivity index (χ1v) is 6.41. The van der Waals surface area contributed by atoms with Crippen molar-refractivity contribution >= 4 is 23.1 Å². The maximum absolute atomic E-state index is 12.2. The van der Waals surface area contributed by atoms with Crippen molar-refractivity contribution < 1.29 is 14.5 Å². The normalized spacial score (nSPS) is 14.9. The van der Waals surface area contributed by atoms with Crippen molar-refractivity contribution in [3.63, 3.8) is 0 Å². The van der Waals surface area contributed by atoms with Crippen molar-refractivity contribution in [2.75, 3.05) is 11.9 Å². The summed E-state index contributed by atoms with van der Waals surface area (Å²) in [5.41, 5.74) is 0.305. The van der Waals surface area contributed by atoms with Crippen LogP contribution in [0.3, 0.4) is 0 Å². The third-order valence-corrected chi connectivity index (χ3v) is 3.42. The number of benzene rings is 1. The van der Waals surface area contributed by atoms with Crippen LogP contribution in [-0.4, -0.2) is 23.7 Å². The first kappa shape index (κ1) is 14.7. The molecule has 1 saturated carbocycles. The van der Waals surface area contributed by atoms with Gasteiger partial charge in [0.25, 0.3) is 11.6 Å². The van der Waals surface area contributed by atoms with Crippen LogP contribution in [0.5, 0.6) is 0 Å². The number of anilines is 1. The number of hydrogen-bond acceptors (Lipinski definition) is 5. The Morgan fingerprint density at radius 1 is 1.38 bits per heavy atom. The lowest BCUT2D eigenvalue weighted by molar-refractivity contribution is -0.384. The molecule has 1 aliphatic rings. The molecule has 1 fully saturated rings. The number of carbonyl (C=O) groups excluding carboxylic acids is 2. The van der Waals surface area contributed by atoms with Gasteiger partial charge in [-0.25, -0.2) is 0 Å². The van der Waals surface area contributed by atoms with Crippen LogP contribution in [0.25, 0.3) is 0 Å². The minimum atomic E-state index is -1.31. The van der Waals surface area contributed by atoms with Crippen LogP contribution in [0.4, 0.5) is 11.4 Å². The summed E-state index contributed by atoms with van der Waals surface area (Å²) >= 11 is 0. The minimum Gasteiger partial charge on any atom is -0.314 e. The number of nitro groups is 1. The maximum Gasteiger partial charge on any atom is 0.269 e. The van der Waals surface area contributed by atoms with Gasteiger partial charge in [-0.15, -0.1) is 0 Å². The summed E-state index contributed by atoms with van der Waals surface area (Å²) in [4.78, 5) is 35.3. The lowest BCUT2D eigenvalue weighted by Gasteiger charge is -2.19. The largest absolute Gasteiger partial charge is 0.314 e. The molecule has 2 rings (SSSR count). The van der Waals surface area contributed by atoms with Gasteiger partial charge in [-0.2, -0.15) is 5.26 Å². The van der Waals surface area contributed by atoms with Gasteiger partial charge in [0.2, 0.25) is 0 Å². The highest BCUT2D eigenvalue weighted by molar-refractivity contribution is 6.11. The van der Waals surface area contributed by atoms with E-state index in [1.165, 1.54) is 36.2 Å². The van der Waals surface area contributed by atoms with Gasteiger partial charge in [0.05, 0.1) is 11.0 Å². The van der Waals surface area contributed by atoms with E-state index in [9.17, 15) is 19.7 Å². The Bertz CT molecular complexity index is 629. The molecule has 1 unspecified atom stereocenters. The highest BCUT2D eigenvalue weighted by Gasteiger charge is 2.39. The smallest absolute Gasteiger partial charge is 0.269 e. The first-order valence-electron chi connectivity index (χ1n) is 6.41. The maximum atomic E-state index is 12.2. The molecular weight excluding hydrogens is 274 g/mol. The summed E-state index contributed by atoms with van der Waals surface area (Å²) in [5, 5.41) is 19.6. The van der Waals surface area contributed by atoms with Gasteiger partial charge in [-0.05, 0) is 25.0 Å². The number of ketones is 1. The highest BCUT2D eigenvalue weighted by Crippen LogP contribution is 2.33. The number of hydrogen-bond donors (Lipinski definition) is 0. The van der Waals surface area contributed by atoms with Gasteiger partial charge < -0.3 is 4.90 Å². The number of nitrogens with zero attached hydrogens (tertiary/aromatic N) is 3. The molecule has 7 nitrogen and oxygen atoms in total. The zero-order valence-corrected chi connectivity index (χ0v) is 11.4. The van der Waals surface area contributed by atoms with Gasteiger partial charge in [0.15, 0.2) is 11.7 Å². The minimum absolute atomic E-state index is 0.0921. The van der Waals surface area contributed by atoms with E-state index >= 15 is 0 Å². The number of nitro benzene ring substituents is 1. The predicted octanol–water partition coefficient (Wildman–Crippen LogP) is 1.68. The summed E-state index contributed by atoms with van der Waals surface area (Å²) in [5.74, 6) is -2.43. The summed E-state index contributed by atoms with van der Waals surface area (Å²) in [6.45, 7) is 0. The molecule has 1 atom stereocenters. The van der Waals surface area contributed by atoms with E-state index in [-0.39, 0.29) is 17.4 Å². The Morgan fingerprint density at radius 3 is 2.38 bits per heavy atom. The quantitative estimate of drug-likeness (QED) is 0.465. The van der Waals surface area contributed by atoms with E-state index in [0.29, 0.717) is 5.69 Å². The topological polar surface area (TPSA) is 104 Å². The van der Waals surface area contributed by atoms with Crippen molar-refractivity contribution in [3.8, 4) is 6.07 Å². The summed E-state index contributed by atoms with van der Waals surface area (Å²) in [7, 11) is 1.44.